The Morgan fingerprint density at radius 3 is 2.72 bits per heavy atom. The maximum atomic E-state index is 6.26. The Hall–Kier alpha value is -1.02. The highest BCUT2D eigenvalue weighted by atomic mass is 16.5. The quantitative estimate of drug-likeness (QED) is 0.742. The third-order valence-electron chi connectivity index (χ3n) is 3.77. The molecule has 0 heterocycles. The van der Waals surface area contributed by atoms with Crippen molar-refractivity contribution in [3.63, 3.8) is 0 Å². The highest BCUT2D eigenvalue weighted by Crippen LogP contribution is 2.39. The van der Waals surface area contributed by atoms with Crippen LogP contribution in [0.4, 0.5) is 0 Å². The molecule has 1 N–H and O–H groups in total. The van der Waals surface area contributed by atoms with E-state index < -0.39 is 0 Å². The van der Waals surface area contributed by atoms with Crippen LogP contribution in [-0.4, -0.2) is 18.7 Å². The van der Waals surface area contributed by atoms with Gasteiger partial charge >= 0.3 is 0 Å². The maximum Gasteiger partial charge on any atom is 0.120 e. The van der Waals surface area contributed by atoms with Crippen LogP contribution in [0.25, 0.3) is 0 Å². The van der Waals surface area contributed by atoms with Crippen LogP contribution in [0.2, 0.25) is 0 Å². The molecule has 1 aromatic carbocycles. The van der Waals surface area contributed by atoms with E-state index in [9.17, 15) is 0 Å². The second-order valence-electron chi connectivity index (χ2n) is 5.46. The lowest BCUT2D eigenvalue weighted by Gasteiger charge is -2.42. The zero-order valence-electron chi connectivity index (χ0n) is 11.7. The van der Waals surface area contributed by atoms with Crippen LogP contribution in [0.1, 0.15) is 44.6 Å². The Labute approximate surface area is 111 Å². The molecule has 1 aromatic rings. The van der Waals surface area contributed by atoms with E-state index >= 15 is 0 Å². The Morgan fingerprint density at radius 2 is 2.11 bits per heavy atom. The zero-order chi connectivity index (χ0) is 12.8. The van der Waals surface area contributed by atoms with E-state index in [0.29, 0.717) is 0 Å². The van der Waals surface area contributed by atoms with Crippen molar-refractivity contribution in [3.05, 3.63) is 29.8 Å². The van der Waals surface area contributed by atoms with Crippen LogP contribution < -0.4 is 10.1 Å². The number of rotatable bonds is 7. The molecule has 1 aliphatic carbocycles. The van der Waals surface area contributed by atoms with E-state index in [1.807, 2.05) is 0 Å². The highest BCUT2D eigenvalue weighted by Gasteiger charge is 2.38. The smallest absolute Gasteiger partial charge is 0.120 e. The van der Waals surface area contributed by atoms with Gasteiger partial charge in [-0.15, -0.1) is 0 Å². The minimum absolute atomic E-state index is 0.106. The fourth-order valence-corrected chi connectivity index (χ4v) is 2.52. The van der Waals surface area contributed by atoms with Crippen LogP contribution >= 0.6 is 0 Å². The molecule has 100 valence electrons. The summed E-state index contributed by atoms with van der Waals surface area (Å²) in [6, 6.07) is 8.40. The van der Waals surface area contributed by atoms with Crippen molar-refractivity contribution < 1.29 is 4.74 Å². The van der Waals surface area contributed by atoms with Gasteiger partial charge in [-0.05, 0) is 69.8 Å². The van der Waals surface area contributed by atoms with Gasteiger partial charge in [-0.25, -0.2) is 0 Å². The molecule has 2 nitrogen and oxygen atoms in total. The third-order valence-corrected chi connectivity index (χ3v) is 3.77. The molecule has 0 spiro atoms. The predicted octanol–water partition coefficient (Wildman–Crippen LogP) is 3.69. The van der Waals surface area contributed by atoms with E-state index in [0.717, 1.165) is 25.3 Å². The fraction of sp³-hybridized carbons (Fsp3) is 0.625. The maximum absolute atomic E-state index is 6.26. The topological polar surface area (TPSA) is 21.3 Å². The van der Waals surface area contributed by atoms with Gasteiger partial charge in [-0.3, -0.25) is 0 Å². The molecule has 0 bridgehead atoms. The molecular weight excluding hydrogens is 222 g/mol. The molecule has 1 saturated carbocycles. The minimum Gasteiger partial charge on any atom is -0.487 e. The fourth-order valence-electron chi connectivity index (χ4n) is 2.52. The van der Waals surface area contributed by atoms with Gasteiger partial charge in [-0.1, -0.05) is 19.1 Å². The van der Waals surface area contributed by atoms with Gasteiger partial charge in [-0.2, -0.15) is 0 Å². The number of nitrogens with one attached hydrogen (secondary N) is 1. The molecule has 18 heavy (non-hydrogen) atoms. The van der Waals surface area contributed by atoms with Crippen LogP contribution in [0, 0.1) is 6.92 Å². The number of benzene rings is 1. The summed E-state index contributed by atoms with van der Waals surface area (Å²) in [7, 11) is 0. The van der Waals surface area contributed by atoms with Crippen molar-refractivity contribution in [2.24, 2.45) is 0 Å². The van der Waals surface area contributed by atoms with Gasteiger partial charge in [0.1, 0.15) is 11.4 Å². The Kier molecular flexibility index (Phi) is 4.65. The molecule has 2 rings (SSSR count). The van der Waals surface area contributed by atoms with Crippen molar-refractivity contribution >= 4 is 0 Å². The molecule has 0 unspecified atom stereocenters. The summed E-state index contributed by atoms with van der Waals surface area (Å²) in [6.07, 6.45) is 6.04. The minimum atomic E-state index is 0.106. The first kappa shape index (κ1) is 13.4. The van der Waals surface area contributed by atoms with E-state index in [4.69, 9.17) is 4.74 Å². The SMILES string of the molecule is CCCNCCC1(Oc2cccc(C)c2)CCC1. The average molecular weight is 247 g/mol. The van der Waals surface area contributed by atoms with Crippen LogP contribution in [0.15, 0.2) is 24.3 Å². The monoisotopic (exact) mass is 247 g/mol. The standard InChI is InChI=1S/C16H25NO/c1-3-11-17-12-10-16(8-5-9-16)18-15-7-4-6-14(2)13-15/h4,6-7,13,17H,3,5,8-12H2,1-2H3. The Balaban J connectivity index is 1.88. The largest absolute Gasteiger partial charge is 0.487 e. The lowest BCUT2D eigenvalue weighted by molar-refractivity contribution is -0.0142. The molecule has 2 heteroatoms. The number of hydrogen-bond donors (Lipinski definition) is 1. The van der Waals surface area contributed by atoms with Crippen molar-refractivity contribution in [3.8, 4) is 5.75 Å². The molecule has 0 atom stereocenters. The molecule has 0 saturated heterocycles. The summed E-state index contributed by atoms with van der Waals surface area (Å²) in [4.78, 5) is 0. The zero-order valence-corrected chi connectivity index (χ0v) is 11.7. The van der Waals surface area contributed by atoms with E-state index in [1.165, 1.54) is 31.2 Å². The lowest BCUT2D eigenvalue weighted by atomic mass is 9.77. The average Bonchev–Trinajstić information content (AvgIpc) is 2.31. The second kappa shape index (κ2) is 6.24. The number of aryl methyl sites for hydroxylation is 1. The van der Waals surface area contributed by atoms with Gasteiger partial charge in [0.15, 0.2) is 0 Å². The molecule has 1 fully saturated rings. The summed E-state index contributed by atoms with van der Waals surface area (Å²) in [5, 5.41) is 3.48. The van der Waals surface area contributed by atoms with Crippen molar-refractivity contribution in [2.45, 2.75) is 51.6 Å². The van der Waals surface area contributed by atoms with Gasteiger partial charge < -0.3 is 10.1 Å². The normalized spacial score (nSPS) is 17.2. The Bertz CT molecular complexity index is 371. The molecular formula is C16H25NO. The molecule has 0 aromatic heterocycles. The first-order valence-corrected chi connectivity index (χ1v) is 7.20. The van der Waals surface area contributed by atoms with Crippen LogP contribution in [0.3, 0.4) is 0 Å². The van der Waals surface area contributed by atoms with E-state index in [-0.39, 0.29) is 5.60 Å². The van der Waals surface area contributed by atoms with E-state index in [1.54, 1.807) is 0 Å². The summed E-state index contributed by atoms with van der Waals surface area (Å²) < 4.78 is 6.26. The van der Waals surface area contributed by atoms with Gasteiger partial charge in [0.05, 0.1) is 0 Å². The number of hydrogen-bond acceptors (Lipinski definition) is 2. The summed E-state index contributed by atoms with van der Waals surface area (Å²) in [6.45, 7) is 6.50. The Morgan fingerprint density at radius 1 is 1.28 bits per heavy atom. The van der Waals surface area contributed by atoms with Gasteiger partial charge in [0.25, 0.3) is 0 Å². The van der Waals surface area contributed by atoms with Gasteiger partial charge in [0, 0.05) is 0 Å². The van der Waals surface area contributed by atoms with Crippen LogP contribution in [0.5, 0.6) is 5.75 Å². The first-order valence-electron chi connectivity index (χ1n) is 7.20. The molecule has 0 aliphatic heterocycles. The summed E-state index contributed by atoms with van der Waals surface area (Å²) in [5.74, 6) is 1.03. The van der Waals surface area contributed by atoms with Crippen LogP contribution in [-0.2, 0) is 0 Å². The summed E-state index contributed by atoms with van der Waals surface area (Å²) in [5.41, 5.74) is 1.38. The molecule has 1 aliphatic rings. The highest BCUT2D eigenvalue weighted by molar-refractivity contribution is 5.28. The van der Waals surface area contributed by atoms with E-state index in [2.05, 4.69) is 43.4 Å². The van der Waals surface area contributed by atoms with Gasteiger partial charge in [0.2, 0.25) is 0 Å². The predicted molar refractivity (Wildman–Crippen MR) is 76.2 cm³/mol. The molecule has 0 amide bonds. The van der Waals surface area contributed by atoms with Crippen molar-refractivity contribution in [1.29, 1.82) is 0 Å². The second-order valence-corrected chi connectivity index (χ2v) is 5.46. The third kappa shape index (κ3) is 3.49. The molecule has 0 radical (unpaired) electrons. The van der Waals surface area contributed by atoms with Crippen molar-refractivity contribution in [1.82, 2.24) is 5.32 Å². The lowest BCUT2D eigenvalue weighted by Crippen LogP contribution is -2.45. The number of ether oxygens (including phenoxy) is 1. The van der Waals surface area contributed by atoms with Crippen molar-refractivity contribution in [2.75, 3.05) is 13.1 Å². The first-order chi connectivity index (χ1) is 8.74. The summed E-state index contributed by atoms with van der Waals surface area (Å²) >= 11 is 0.